The van der Waals surface area contributed by atoms with Crippen molar-refractivity contribution in [2.45, 2.75) is 4.34 Å². The van der Waals surface area contributed by atoms with E-state index in [0.717, 1.165) is 16.5 Å². The average molecular weight is 243 g/mol. The van der Waals surface area contributed by atoms with Crippen LogP contribution in [-0.2, 0) is 4.79 Å². The zero-order chi connectivity index (χ0) is 10.8. The third-order valence-corrected chi connectivity index (χ3v) is 3.80. The molecule has 15 heavy (non-hydrogen) atoms. The van der Waals surface area contributed by atoms with Gasteiger partial charge in [0.2, 0.25) is 0 Å². The van der Waals surface area contributed by atoms with E-state index in [1.165, 1.54) is 23.5 Å². The van der Waals surface area contributed by atoms with Crippen molar-refractivity contribution in [2.24, 2.45) is 0 Å². The summed E-state index contributed by atoms with van der Waals surface area (Å²) in [5.74, 6) is -1.21. The Bertz CT molecular complexity index is 512. The van der Waals surface area contributed by atoms with Gasteiger partial charge >= 0.3 is 5.97 Å². The molecule has 1 aromatic heterocycles. The van der Waals surface area contributed by atoms with Crippen molar-refractivity contribution < 1.29 is 14.3 Å². The number of thioether (sulfide) groups is 1. The Morgan fingerprint density at radius 2 is 2.40 bits per heavy atom. The summed E-state index contributed by atoms with van der Waals surface area (Å²) in [5.41, 5.74) is 0.703. The monoisotopic (exact) mass is 243 g/mol. The van der Waals surface area contributed by atoms with Crippen molar-refractivity contribution in [1.82, 2.24) is 4.98 Å². The second kappa shape index (κ2) is 4.16. The fraction of sp³-hybridized carbons (Fsp3) is 0.111. The Balaban J connectivity index is 2.27. The summed E-state index contributed by atoms with van der Waals surface area (Å²) in [6, 6.07) is 4.33. The number of fused-ring (bicyclic) bond motifs is 1. The van der Waals surface area contributed by atoms with Crippen molar-refractivity contribution >= 4 is 39.3 Å². The van der Waals surface area contributed by atoms with Crippen molar-refractivity contribution in [1.29, 1.82) is 0 Å². The number of rotatable bonds is 3. The van der Waals surface area contributed by atoms with Gasteiger partial charge in [-0.05, 0) is 18.2 Å². The van der Waals surface area contributed by atoms with Gasteiger partial charge in [-0.25, -0.2) is 9.37 Å². The summed E-state index contributed by atoms with van der Waals surface area (Å²) >= 11 is 2.45. The summed E-state index contributed by atoms with van der Waals surface area (Å²) in [4.78, 5) is 14.5. The molecular weight excluding hydrogens is 237 g/mol. The third kappa shape index (κ3) is 2.45. The van der Waals surface area contributed by atoms with Crippen LogP contribution in [0.3, 0.4) is 0 Å². The number of benzene rings is 1. The lowest BCUT2D eigenvalue weighted by molar-refractivity contribution is -0.133. The maximum absolute atomic E-state index is 12.8. The number of thiazole rings is 1. The van der Waals surface area contributed by atoms with Crippen LogP contribution in [-0.4, -0.2) is 21.8 Å². The summed E-state index contributed by atoms with van der Waals surface area (Å²) in [5, 5.41) is 8.49. The fourth-order valence-electron chi connectivity index (χ4n) is 1.06. The van der Waals surface area contributed by atoms with Gasteiger partial charge in [0, 0.05) is 0 Å². The Hall–Kier alpha value is -1.14. The first kappa shape index (κ1) is 10.4. The van der Waals surface area contributed by atoms with Crippen LogP contribution in [0.15, 0.2) is 22.5 Å². The Morgan fingerprint density at radius 3 is 3.13 bits per heavy atom. The van der Waals surface area contributed by atoms with Crippen LogP contribution < -0.4 is 0 Å². The molecule has 0 radical (unpaired) electrons. The Labute approximate surface area is 92.9 Å². The molecule has 0 fully saturated rings. The second-order valence-electron chi connectivity index (χ2n) is 2.77. The minimum Gasteiger partial charge on any atom is -0.481 e. The van der Waals surface area contributed by atoms with Crippen LogP contribution in [0.2, 0.25) is 0 Å². The molecule has 2 rings (SSSR count). The minimum atomic E-state index is -0.884. The highest BCUT2D eigenvalue weighted by Gasteiger charge is 2.07. The lowest BCUT2D eigenvalue weighted by Gasteiger charge is -1.88. The van der Waals surface area contributed by atoms with E-state index in [2.05, 4.69) is 4.98 Å². The van der Waals surface area contributed by atoms with Crippen molar-refractivity contribution in [3.8, 4) is 0 Å². The van der Waals surface area contributed by atoms with Gasteiger partial charge in [-0.2, -0.15) is 0 Å². The molecule has 2 aromatic rings. The highest BCUT2D eigenvalue weighted by molar-refractivity contribution is 8.01. The lowest BCUT2D eigenvalue weighted by atomic mass is 10.3. The van der Waals surface area contributed by atoms with Crippen LogP contribution in [0.5, 0.6) is 0 Å². The zero-order valence-electron chi connectivity index (χ0n) is 7.44. The lowest BCUT2D eigenvalue weighted by Crippen LogP contribution is -1.96. The second-order valence-corrected chi connectivity index (χ2v) is 5.03. The van der Waals surface area contributed by atoms with E-state index in [1.54, 1.807) is 6.07 Å². The first-order chi connectivity index (χ1) is 7.15. The molecule has 1 heterocycles. The maximum atomic E-state index is 12.8. The molecule has 78 valence electrons. The predicted octanol–water partition coefficient (Wildman–Crippen LogP) is 2.61. The van der Waals surface area contributed by atoms with E-state index in [0.29, 0.717) is 9.86 Å². The first-order valence-corrected chi connectivity index (χ1v) is 5.86. The number of carbonyl (C=O) groups is 1. The normalized spacial score (nSPS) is 10.7. The third-order valence-electron chi connectivity index (χ3n) is 1.65. The largest absolute Gasteiger partial charge is 0.481 e. The number of halogens is 1. The standard InChI is InChI=1S/C9H6FNO2S2/c10-5-1-2-6-7(3-5)15-9(11-6)14-4-8(12)13/h1-3H,4H2,(H,12,13). The van der Waals surface area contributed by atoms with E-state index in [9.17, 15) is 9.18 Å². The van der Waals surface area contributed by atoms with Gasteiger partial charge in [0.05, 0.1) is 16.0 Å². The van der Waals surface area contributed by atoms with Gasteiger partial charge in [-0.15, -0.1) is 11.3 Å². The van der Waals surface area contributed by atoms with E-state index < -0.39 is 5.97 Å². The van der Waals surface area contributed by atoms with E-state index in [1.807, 2.05) is 0 Å². The molecule has 0 saturated heterocycles. The molecule has 0 saturated carbocycles. The number of nitrogens with zero attached hydrogens (tertiary/aromatic N) is 1. The first-order valence-electron chi connectivity index (χ1n) is 4.06. The average Bonchev–Trinajstić information content (AvgIpc) is 2.56. The Morgan fingerprint density at radius 1 is 1.60 bits per heavy atom. The van der Waals surface area contributed by atoms with Crippen molar-refractivity contribution in [3.63, 3.8) is 0 Å². The quantitative estimate of drug-likeness (QED) is 0.842. The molecule has 0 aliphatic heterocycles. The molecule has 0 atom stereocenters. The van der Waals surface area contributed by atoms with E-state index in [-0.39, 0.29) is 11.6 Å². The molecule has 0 spiro atoms. The van der Waals surface area contributed by atoms with Crippen LogP contribution in [0.25, 0.3) is 10.2 Å². The molecule has 6 heteroatoms. The van der Waals surface area contributed by atoms with Gasteiger partial charge < -0.3 is 5.11 Å². The Kier molecular flexibility index (Phi) is 2.88. The van der Waals surface area contributed by atoms with Crippen molar-refractivity contribution in [2.75, 3.05) is 5.75 Å². The fourth-order valence-corrected chi connectivity index (χ4v) is 2.88. The van der Waals surface area contributed by atoms with E-state index in [4.69, 9.17) is 5.11 Å². The minimum absolute atomic E-state index is 0.0255. The number of aromatic nitrogens is 1. The molecule has 0 unspecified atom stereocenters. The zero-order valence-corrected chi connectivity index (χ0v) is 9.07. The van der Waals surface area contributed by atoms with Crippen LogP contribution in [0.1, 0.15) is 0 Å². The SMILES string of the molecule is O=C(O)CSc1nc2ccc(F)cc2s1. The summed E-state index contributed by atoms with van der Waals surface area (Å²) < 4.78 is 14.2. The highest BCUT2D eigenvalue weighted by atomic mass is 32.2. The number of carboxylic acid groups (broad SMARTS) is 1. The molecular formula is C9H6FNO2S2. The van der Waals surface area contributed by atoms with Gasteiger partial charge in [-0.3, -0.25) is 4.79 Å². The summed E-state index contributed by atoms with van der Waals surface area (Å²) in [6.07, 6.45) is 0. The molecule has 0 aliphatic carbocycles. The van der Waals surface area contributed by atoms with Gasteiger partial charge in [0.25, 0.3) is 0 Å². The van der Waals surface area contributed by atoms with Crippen LogP contribution in [0.4, 0.5) is 4.39 Å². The van der Waals surface area contributed by atoms with Gasteiger partial charge in [0.15, 0.2) is 4.34 Å². The highest BCUT2D eigenvalue weighted by Crippen LogP contribution is 2.29. The molecule has 1 N–H and O–H groups in total. The van der Waals surface area contributed by atoms with Gasteiger partial charge in [-0.1, -0.05) is 11.8 Å². The summed E-state index contributed by atoms with van der Waals surface area (Å²) in [7, 11) is 0. The summed E-state index contributed by atoms with van der Waals surface area (Å²) in [6.45, 7) is 0. The molecule has 0 amide bonds. The maximum Gasteiger partial charge on any atom is 0.313 e. The van der Waals surface area contributed by atoms with Gasteiger partial charge in [0.1, 0.15) is 5.82 Å². The molecule has 0 aliphatic rings. The van der Waals surface area contributed by atoms with Crippen molar-refractivity contribution in [3.05, 3.63) is 24.0 Å². The number of aliphatic carboxylic acids is 1. The number of hydrogen-bond donors (Lipinski definition) is 1. The number of carboxylic acids is 1. The molecule has 0 bridgehead atoms. The number of hydrogen-bond acceptors (Lipinski definition) is 4. The predicted molar refractivity (Wildman–Crippen MR) is 57.9 cm³/mol. The topological polar surface area (TPSA) is 50.2 Å². The molecule has 3 nitrogen and oxygen atoms in total. The van der Waals surface area contributed by atoms with E-state index >= 15 is 0 Å². The van der Waals surface area contributed by atoms with Crippen LogP contribution >= 0.6 is 23.1 Å². The molecule has 1 aromatic carbocycles. The van der Waals surface area contributed by atoms with Crippen LogP contribution in [0, 0.1) is 5.82 Å². The smallest absolute Gasteiger partial charge is 0.313 e.